The van der Waals surface area contributed by atoms with Crippen molar-refractivity contribution in [2.75, 3.05) is 6.61 Å². The summed E-state index contributed by atoms with van der Waals surface area (Å²) in [4.78, 5) is 14.5. The van der Waals surface area contributed by atoms with Gasteiger partial charge in [0.25, 0.3) is 3.79 Å². The van der Waals surface area contributed by atoms with E-state index in [-0.39, 0.29) is 19.8 Å². The van der Waals surface area contributed by atoms with Crippen LogP contribution in [0.1, 0.15) is 18.1 Å². The second-order valence-electron chi connectivity index (χ2n) is 8.01. The van der Waals surface area contributed by atoms with Gasteiger partial charge in [-0.05, 0) is 16.7 Å². The van der Waals surface area contributed by atoms with Crippen LogP contribution < -0.4 is 0 Å². The summed E-state index contributed by atoms with van der Waals surface area (Å²) in [5.74, 6) is -1.30. The van der Waals surface area contributed by atoms with Crippen molar-refractivity contribution >= 4 is 46.7 Å². The van der Waals surface area contributed by atoms with Crippen molar-refractivity contribution < 1.29 is 28.5 Å². The van der Waals surface area contributed by atoms with Crippen molar-refractivity contribution in [3.05, 3.63) is 82.2 Å². The Labute approximate surface area is 228 Å². The average Bonchev–Trinajstić information content (AvgIpc) is 2.87. The molecule has 0 radical (unpaired) electrons. The van der Waals surface area contributed by atoms with Crippen molar-refractivity contribution in [3.8, 4) is 0 Å². The van der Waals surface area contributed by atoms with Crippen LogP contribution in [0.5, 0.6) is 0 Å². The lowest BCUT2D eigenvalue weighted by molar-refractivity contribution is -0.267. The van der Waals surface area contributed by atoms with E-state index < -0.39 is 46.3 Å². The molecule has 1 N–H and O–H groups in total. The minimum atomic E-state index is -2.20. The molecule has 0 bridgehead atoms. The zero-order valence-electron chi connectivity index (χ0n) is 19.7. The first-order chi connectivity index (χ1) is 17.7. The third kappa shape index (κ3) is 8.76. The van der Waals surface area contributed by atoms with Gasteiger partial charge in [-0.1, -0.05) is 101 Å². The molecule has 0 unspecified atom stereocenters. The summed E-state index contributed by atoms with van der Waals surface area (Å²) >= 11 is 17.4. The first kappa shape index (κ1) is 29.0. The molecule has 37 heavy (non-hydrogen) atoms. The van der Waals surface area contributed by atoms with Crippen molar-refractivity contribution in [3.63, 3.8) is 0 Å². The Kier molecular flexibility index (Phi) is 10.8. The van der Waals surface area contributed by atoms with Gasteiger partial charge in [-0.3, -0.25) is 10.2 Å². The normalized spacial score (nSPS) is 23.5. The van der Waals surface area contributed by atoms with E-state index in [4.69, 9.17) is 63.9 Å². The summed E-state index contributed by atoms with van der Waals surface area (Å²) < 4.78 is 26.9. The number of alkyl halides is 3. The number of carbonyl (C=O) groups excluding carboxylic acids is 1. The van der Waals surface area contributed by atoms with Gasteiger partial charge in [0, 0.05) is 11.8 Å². The van der Waals surface area contributed by atoms with Gasteiger partial charge in [0.15, 0.2) is 0 Å². The summed E-state index contributed by atoms with van der Waals surface area (Å²) in [6, 6.07) is 17.5. The van der Waals surface area contributed by atoms with Crippen LogP contribution in [0.15, 0.2) is 65.8 Å². The summed E-state index contributed by atoms with van der Waals surface area (Å²) in [5, 5.41) is 11.8. The van der Waals surface area contributed by atoms with Gasteiger partial charge in [0.1, 0.15) is 31.0 Å². The molecule has 1 fully saturated rings. The number of hydrogen-bond acceptors (Lipinski definition) is 8. The van der Waals surface area contributed by atoms with E-state index in [1.807, 2.05) is 60.7 Å². The van der Waals surface area contributed by atoms with E-state index in [0.717, 1.165) is 11.1 Å². The second-order valence-corrected chi connectivity index (χ2v) is 10.3. The van der Waals surface area contributed by atoms with Crippen LogP contribution in [0.25, 0.3) is 10.4 Å². The number of benzene rings is 2. The van der Waals surface area contributed by atoms with Crippen LogP contribution in [0.2, 0.25) is 0 Å². The van der Waals surface area contributed by atoms with Gasteiger partial charge < -0.3 is 23.7 Å². The minimum Gasteiger partial charge on any atom is -0.463 e. The van der Waals surface area contributed by atoms with Crippen LogP contribution in [-0.4, -0.2) is 52.9 Å². The standard InChI is InChI=1S/C24H25Cl3N4O6/c1-15(32)33-14-18-20(34-12-16-8-4-2-5-9-16)21(35-13-17-10-6-3-7-11-17)19(30-31-29)22(36-18)37-23(28)24(25,26)27/h2-11,18-22,28H,12-14H2,1H3/t18-,19-,20+,21-,22-/m1/s1. The van der Waals surface area contributed by atoms with Crippen molar-refractivity contribution in [1.82, 2.24) is 0 Å². The molecule has 5 atom stereocenters. The predicted octanol–water partition coefficient (Wildman–Crippen LogP) is 5.49. The lowest BCUT2D eigenvalue weighted by Gasteiger charge is -2.44. The Morgan fingerprint density at radius 1 is 1.03 bits per heavy atom. The molecule has 0 aromatic heterocycles. The molecule has 0 saturated carbocycles. The Hall–Kier alpha value is -2.56. The molecule has 10 nitrogen and oxygen atoms in total. The van der Waals surface area contributed by atoms with Gasteiger partial charge in [-0.25, -0.2) is 0 Å². The molecule has 1 saturated heterocycles. The van der Waals surface area contributed by atoms with Gasteiger partial charge in [-0.15, -0.1) is 0 Å². The zero-order valence-corrected chi connectivity index (χ0v) is 22.0. The summed E-state index contributed by atoms with van der Waals surface area (Å²) in [5.41, 5.74) is 11.0. The molecule has 3 rings (SSSR count). The lowest BCUT2D eigenvalue weighted by Crippen LogP contribution is -2.61. The Morgan fingerprint density at radius 3 is 2.05 bits per heavy atom. The summed E-state index contributed by atoms with van der Waals surface area (Å²) in [6.45, 7) is 1.31. The van der Waals surface area contributed by atoms with Crippen molar-refractivity contribution in [2.45, 2.75) is 54.6 Å². The Morgan fingerprint density at radius 2 is 1.57 bits per heavy atom. The molecule has 13 heteroatoms. The van der Waals surface area contributed by atoms with Crippen LogP contribution >= 0.6 is 34.8 Å². The number of azide groups is 1. The number of rotatable bonds is 10. The number of hydrogen-bond donors (Lipinski definition) is 1. The molecule has 2 aromatic rings. The fraction of sp³-hybridized carbons (Fsp3) is 0.417. The van der Waals surface area contributed by atoms with E-state index in [0.29, 0.717) is 0 Å². The molecule has 2 aromatic carbocycles. The highest BCUT2D eigenvalue weighted by Crippen LogP contribution is 2.34. The molecule has 1 aliphatic rings. The largest absolute Gasteiger partial charge is 0.463 e. The fourth-order valence-corrected chi connectivity index (χ4v) is 3.75. The van der Waals surface area contributed by atoms with Gasteiger partial charge >= 0.3 is 5.97 Å². The van der Waals surface area contributed by atoms with E-state index >= 15 is 0 Å². The first-order valence-electron chi connectivity index (χ1n) is 11.2. The maximum atomic E-state index is 11.6. The van der Waals surface area contributed by atoms with Crippen LogP contribution in [0.3, 0.4) is 0 Å². The quantitative estimate of drug-likeness (QED) is 0.0762. The molecule has 0 spiro atoms. The SMILES string of the molecule is CC(=O)OC[C@H]1O[C@H](OC(=N)C(Cl)(Cl)Cl)[C@H](N=[N+]=[N-])[C@@H](OCc2ccccc2)[C@H]1OCc1ccccc1. The molecular formula is C24H25Cl3N4O6. The summed E-state index contributed by atoms with van der Waals surface area (Å²) in [7, 11) is 0. The number of esters is 1. The van der Waals surface area contributed by atoms with E-state index in [1.165, 1.54) is 6.92 Å². The topological polar surface area (TPSA) is 136 Å². The average molecular weight is 572 g/mol. The summed E-state index contributed by atoms with van der Waals surface area (Å²) in [6.07, 6.45) is -4.17. The van der Waals surface area contributed by atoms with Crippen LogP contribution in [-0.2, 0) is 41.7 Å². The van der Waals surface area contributed by atoms with Gasteiger partial charge in [-0.2, -0.15) is 0 Å². The van der Waals surface area contributed by atoms with E-state index in [2.05, 4.69) is 10.0 Å². The molecule has 198 valence electrons. The maximum absolute atomic E-state index is 11.6. The highest BCUT2D eigenvalue weighted by Gasteiger charge is 2.50. The van der Waals surface area contributed by atoms with Crippen LogP contribution in [0.4, 0.5) is 0 Å². The molecule has 0 aliphatic carbocycles. The lowest BCUT2D eigenvalue weighted by atomic mass is 9.96. The number of ether oxygens (including phenoxy) is 5. The first-order valence-corrected chi connectivity index (χ1v) is 12.3. The van der Waals surface area contributed by atoms with Crippen molar-refractivity contribution in [1.29, 1.82) is 5.41 Å². The molecular weight excluding hydrogens is 547 g/mol. The third-order valence-electron chi connectivity index (χ3n) is 5.31. The number of halogens is 3. The van der Waals surface area contributed by atoms with E-state index in [9.17, 15) is 10.3 Å². The molecule has 0 amide bonds. The fourth-order valence-electron chi connectivity index (χ4n) is 3.61. The Balaban J connectivity index is 1.95. The van der Waals surface area contributed by atoms with Gasteiger partial charge in [0.2, 0.25) is 12.2 Å². The maximum Gasteiger partial charge on any atom is 0.302 e. The Bertz CT molecular complexity index is 1080. The van der Waals surface area contributed by atoms with Gasteiger partial charge in [0.05, 0.1) is 13.2 Å². The second kappa shape index (κ2) is 13.8. The monoisotopic (exact) mass is 570 g/mol. The minimum absolute atomic E-state index is 0.128. The van der Waals surface area contributed by atoms with Crippen molar-refractivity contribution in [2.24, 2.45) is 5.11 Å². The zero-order chi connectivity index (χ0) is 26.8. The smallest absolute Gasteiger partial charge is 0.302 e. The molecule has 1 heterocycles. The highest BCUT2D eigenvalue weighted by atomic mass is 35.6. The number of nitrogens with zero attached hydrogens (tertiary/aromatic N) is 3. The number of nitrogens with one attached hydrogen (secondary N) is 1. The predicted molar refractivity (Wildman–Crippen MR) is 137 cm³/mol. The highest BCUT2D eigenvalue weighted by molar-refractivity contribution is 6.76. The number of carbonyl (C=O) groups is 1. The van der Waals surface area contributed by atoms with E-state index in [1.54, 1.807) is 0 Å². The van der Waals surface area contributed by atoms with Crippen LogP contribution in [0, 0.1) is 5.41 Å². The molecule has 1 aliphatic heterocycles. The third-order valence-corrected chi connectivity index (χ3v) is 5.83.